The molecule has 0 aliphatic carbocycles. The predicted octanol–water partition coefficient (Wildman–Crippen LogP) is 2.17. The molecule has 0 spiro atoms. The van der Waals surface area contributed by atoms with Crippen molar-refractivity contribution in [1.29, 1.82) is 0 Å². The van der Waals surface area contributed by atoms with E-state index in [1.54, 1.807) is 12.1 Å². The normalized spacial score (nSPS) is 19.1. The van der Waals surface area contributed by atoms with Crippen LogP contribution in [0.25, 0.3) is 0 Å². The second-order valence-electron chi connectivity index (χ2n) is 3.30. The lowest BCUT2D eigenvalue weighted by Crippen LogP contribution is -2.19. The number of carboxylic acid groups (broad SMARTS) is 1. The highest BCUT2D eigenvalue weighted by Gasteiger charge is 2.28. The number of rotatable bonds is 2. The Morgan fingerprint density at radius 2 is 2.38 bits per heavy atom. The number of carboxylic acids is 1. The van der Waals surface area contributed by atoms with Gasteiger partial charge in [-0.05, 0) is 28.1 Å². The molecule has 1 unspecified atom stereocenters. The van der Waals surface area contributed by atoms with E-state index in [0.29, 0.717) is 15.7 Å². The molecule has 1 aliphatic rings. The van der Waals surface area contributed by atoms with Crippen molar-refractivity contribution in [3.8, 4) is 0 Å². The van der Waals surface area contributed by atoms with Gasteiger partial charge < -0.3 is 9.94 Å². The summed E-state index contributed by atoms with van der Waals surface area (Å²) < 4.78 is 13.6. The van der Waals surface area contributed by atoms with Crippen LogP contribution in [0.5, 0.6) is 0 Å². The third-order valence-corrected chi connectivity index (χ3v) is 2.84. The van der Waals surface area contributed by atoms with Crippen LogP contribution in [0.4, 0.5) is 4.39 Å². The molecule has 1 aromatic rings. The Morgan fingerprint density at radius 3 is 2.94 bits per heavy atom. The van der Waals surface area contributed by atoms with Gasteiger partial charge in [0.2, 0.25) is 6.10 Å². The standard InChI is InChI=1S/C10H7BrFNO3/c11-6-2-1-5(3-7(6)12)8-4-9(10(14)15)16-13-8/h1-3,9H,4H2,(H,14,15). The summed E-state index contributed by atoms with van der Waals surface area (Å²) in [6.45, 7) is 0. The molecule has 0 aromatic heterocycles. The molecule has 1 aliphatic heterocycles. The summed E-state index contributed by atoms with van der Waals surface area (Å²) in [4.78, 5) is 15.3. The highest BCUT2D eigenvalue weighted by Crippen LogP contribution is 2.21. The zero-order chi connectivity index (χ0) is 11.7. The lowest BCUT2D eigenvalue weighted by molar-refractivity contribution is -0.148. The first-order valence-corrected chi connectivity index (χ1v) is 5.28. The van der Waals surface area contributed by atoms with Crippen molar-refractivity contribution in [3.05, 3.63) is 34.1 Å². The first-order valence-electron chi connectivity index (χ1n) is 4.49. The van der Waals surface area contributed by atoms with Crippen LogP contribution in [0.3, 0.4) is 0 Å². The molecular weight excluding hydrogens is 281 g/mol. The van der Waals surface area contributed by atoms with Crippen LogP contribution in [0, 0.1) is 5.82 Å². The third-order valence-electron chi connectivity index (χ3n) is 2.20. The van der Waals surface area contributed by atoms with Crippen molar-refractivity contribution in [3.63, 3.8) is 0 Å². The van der Waals surface area contributed by atoms with Gasteiger partial charge in [-0.1, -0.05) is 11.2 Å². The third kappa shape index (κ3) is 2.06. The molecular formula is C10H7BrFNO3. The topological polar surface area (TPSA) is 58.9 Å². The Labute approximate surface area is 98.8 Å². The van der Waals surface area contributed by atoms with Crippen molar-refractivity contribution >= 4 is 27.6 Å². The molecule has 0 amide bonds. The zero-order valence-corrected chi connectivity index (χ0v) is 9.57. The van der Waals surface area contributed by atoms with Gasteiger partial charge in [0.25, 0.3) is 0 Å². The van der Waals surface area contributed by atoms with Gasteiger partial charge >= 0.3 is 5.97 Å². The van der Waals surface area contributed by atoms with E-state index in [2.05, 4.69) is 21.1 Å². The van der Waals surface area contributed by atoms with Crippen molar-refractivity contribution < 1.29 is 19.1 Å². The maximum Gasteiger partial charge on any atom is 0.348 e. The van der Waals surface area contributed by atoms with Gasteiger partial charge in [0.15, 0.2) is 0 Å². The Kier molecular flexibility index (Phi) is 2.91. The average Bonchev–Trinajstić information content (AvgIpc) is 2.71. The SMILES string of the molecule is O=C(O)C1CC(c2ccc(Br)c(F)c2)=NO1. The van der Waals surface area contributed by atoms with E-state index in [4.69, 9.17) is 9.94 Å². The number of aliphatic carboxylic acids is 1. The van der Waals surface area contributed by atoms with Gasteiger partial charge in [-0.15, -0.1) is 0 Å². The highest BCUT2D eigenvalue weighted by molar-refractivity contribution is 9.10. The van der Waals surface area contributed by atoms with Crippen molar-refractivity contribution in [2.75, 3.05) is 0 Å². The molecule has 0 radical (unpaired) electrons. The summed E-state index contributed by atoms with van der Waals surface area (Å²) in [5, 5.41) is 12.3. The highest BCUT2D eigenvalue weighted by atomic mass is 79.9. The molecule has 4 nitrogen and oxygen atoms in total. The number of hydrogen-bond acceptors (Lipinski definition) is 3. The fourth-order valence-electron chi connectivity index (χ4n) is 1.36. The van der Waals surface area contributed by atoms with Crippen molar-refractivity contribution in [2.45, 2.75) is 12.5 Å². The number of halogens is 2. The molecule has 1 heterocycles. The lowest BCUT2D eigenvalue weighted by atomic mass is 10.1. The molecule has 0 bridgehead atoms. The molecule has 84 valence electrons. The second-order valence-corrected chi connectivity index (χ2v) is 4.16. The average molecular weight is 288 g/mol. The van der Waals surface area contributed by atoms with E-state index < -0.39 is 17.9 Å². The summed E-state index contributed by atoms with van der Waals surface area (Å²) in [5.41, 5.74) is 0.975. The fourth-order valence-corrected chi connectivity index (χ4v) is 1.60. The molecule has 0 saturated heterocycles. The molecule has 1 aromatic carbocycles. The van der Waals surface area contributed by atoms with Gasteiger partial charge in [0.05, 0.1) is 10.2 Å². The predicted molar refractivity (Wildman–Crippen MR) is 57.8 cm³/mol. The molecule has 1 atom stereocenters. The molecule has 16 heavy (non-hydrogen) atoms. The number of benzene rings is 1. The minimum absolute atomic E-state index is 0.149. The zero-order valence-electron chi connectivity index (χ0n) is 7.98. The minimum atomic E-state index is -1.07. The largest absolute Gasteiger partial charge is 0.478 e. The van der Waals surface area contributed by atoms with E-state index in [-0.39, 0.29) is 6.42 Å². The van der Waals surface area contributed by atoms with E-state index in [1.165, 1.54) is 6.07 Å². The molecule has 0 fully saturated rings. The lowest BCUT2D eigenvalue weighted by Gasteiger charge is -2.01. The number of carbonyl (C=O) groups is 1. The van der Waals surface area contributed by atoms with Gasteiger partial charge in [-0.2, -0.15) is 0 Å². The summed E-state index contributed by atoms with van der Waals surface area (Å²) in [6.07, 6.45) is -0.821. The molecule has 6 heteroatoms. The van der Waals surface area contributed by atoms with Crippen LogP contribution in [-0.2, 0) is 9.63 Å². The Hall–Kier alpha value is -1.43. The second kappa shape index (κ2) is 4.21. The fraction of sp³-hybridized carbons (Fsp3) is 0.200. The maximum absolute atomic E-state index is 13.2. The van der Waals surface area contributed by atoms with Gasteiger partial charge in [-0.3, -0.25) is 0 Å². The van der Waals surface area contributed by atoms with Gasteiger partial charge in [0.1, 0.15) is 5.82 Å². The van der Waals surface area contributed by atoms with Gasteiger partial charge in [-0.25, -0.2) is 9.18 Å². The molecule has 2 rings (SSSR count). The number of hydrogen-bond donors (Lipinski definition) is 1. The summed E-state index contributed by atoms with van der Waals surface area (Å²) in [5.74, 6) is -1.49. The van der Waals surface area contributed by atoms with Crippen LogP contribution >= 0.6 is 15.9 Å². The van der Waals surface area contributed by atoms with Crippen LogP contribution in [-0.4, -0.2) is 22.9 Å². The van der Waals surface area contributed by atoms with Crippen LogP contribution in [0.1, 0.15) is 12.0 Å². The van der Waals surface area contributed by atoms with Crippen molar-refractivity contribution in [1.82, 2.24) is 0 Å². The Balaban J connectivity index is 2.21. The Morgan fingerprint density at radius 1 is 1.62 bits per heavy atom. The van der Waals surface area contributed by atoms with E-state index in [9.17, 15) is 9.18 Å². The van der Waals surface area contributed by atoms with E-state index >= 15 is 0 Å². The minimum Gasteiger partial charge on any atom is -0.478 e. The smallest absolute Gasteiger partial charge is 0.348 e. The summed E-state index contributed by atoms with van der Waals surface area (Å²) in [6, 6.07) is 4.48. The Bertz CT molecular complexity index is 475. The van der Waals surface area contributed by atoms with Crippen LogP contribution in [0.2, 0.25) is 0 Å². The maximum atomic E-state index is 13.2. The first-order chi connectivity index (χ1) is 7.58. The molecule has 1 N–H and O–H groups in total. The molecule has 0 saturated carbocycles. The quantitative estimate of drug-likeness (QED) is 0.907. The number of nitrogens with zero attached hydrogens (tertiary/aromatic N) is 1. The van der Waals surface area contributed by atoms with Crippen LogP contribution in [0.15, 0.2) is 27.8 Å². The summed E-state index contributed by atoms with van der Waals surface area (Å²) in [7, 11) is 0. The first kappa shape index (κ1) is 11.1. The van der Waals surface area contributed by atoms with Crippen molar-refractivity contribution in [2.24, 2.45) is 5.16 Å². The van der Waals surface area contributed by atoms with E-state index in [1.807, 2.05) is 0 Å². The van der Waals surface area contributed by atoms with E-state index in [0.717, 1.165) is 0 Å². The monoisotopic (exact) mass is 287 g/mol. The summed E-state index contributed by atoms with van der Waals surface area (Å²) >= 11 is 3.03. The van der Waals surface area contributed by atoms with Crippen LogP contribution < -0.4 is 0 Å². The number of oxime groups is 1. The van der Waals surface area contributed by atoms with Gasteiger partial charge in [0, 0.05) is 12.0 Å².